The van der Waals surface area contributed by atoms with Gasteiger partial charge in [-0.3, -0.25) is 9.59 Å². The number of hydrogen-bond donors (Lipinski definition) is 0. The van der Waals surface area contributed by atoms with Crippen molar-refractivity contribution < 1.29 is 9.59 Å². The number of anilines is 2. The fourth-order valence-electron chi connectivity index (χ4n) is 2.80. The van der Waals surface area contributed by atoms with Gasteiger partial charge in [0.1, 0.15) is 0 Å². The molecular formula is C16H11ClN4O2. The molecule has 114 valence electrons. The second kappa shape index (κ2) is 5.17. The van der Waals surface area contributed by atoms with E-state index in [4.69, 9.17) is 11.6 Å². The van der Waals surface area contributed by atoms with E-state index in [-0.39, 0.29) is 11.8 Å². The van der Waals surface area contributed by atoms with Crippen molar-refractivity contribution in [3.63, 3.8) is 0 Å². The predicted molar refractivity (Wildman–Crippen MR) is 85.3 cm³/mol. The van der Waals surface area contributed by atoms with E-state index in [2.05, 4.69) is 10.3 Å². The highest BCUT2D eigenvalue weighted by Crippen LogP contribution is 2.34. The average Bonchev–Trinajstić information content (AvgIpc) is 3.10. The number of carbonyl (C=O) groups is 2. The number of carbonyl (C=O) groups excluding carboxylic acids is 2. The first-order valence-corrected chi connectivity index (χ1v) is 7.43. The molecule has 2 aliphatic rings. The van der Waals surface area contributed by atoms with E-state index in [9.17, 15) is 9.59 Å². The van der Waals surface area contributed by atoms with Crippen LogP contribution in [0, 0.1) is 0 Å². The van der Waals surface area contributed by atoms with Gasteiger partial charge < -0.3 is 0 Å². The summed E-state index contributed by atoms with van der Waals surface area (Å²) in [6.07, 6.45) is 0. The molecule has 2 amide bonds. The molecule has 2 atom stereocenters. The Morgan fingerprint density at radius 3 is 2.26 bits per heavy atom. The third-order valence-corrected chi connectivity index (χ3v) is 4.14. The van der Waals surface area contributed by atoms with Gasteiger partial charge in [-0.05, 0) is 36.4 Å². The summed E-state index contributed by atoms with van der Waals surface area (Å²) in [5.41, 5.74) is 1.21. The zero-order chi connectivity index (χ0) is 16.0. The molecule has 1 saturated heterocycles. The maximum atomic E-state index is 12.8. The van der Waals surface area contributed by atoms with Crippen molar-refractivity contribution in [2.45, 2.75) is 12.1 Å². The number of para-hydroxylation sites is 1. The van der Waals surface area contributed by atoms with Gasteiger partial charge in [0.25, 0.3) is 11.8 Å². The summed E-state index contributed by atoms with van der Waals surface area (Å²) in [7, 11) is 0. The third-order valence-electron chi connectivity index (χ3n) is 3.89. The molecule has 0 unspecified atom stereocenters. The van der Waals surface area contributed by atoms with Crippen LogP contribution in [0.5, 0.6) is 0 Å². The van der Waals surface area contributed by atoms with Gasteiger partial charge >= 0.3 is 0 Å². The largest absolute Gasteiger partial charge is 0.271 e. The standard InChI is InChI=1S/C16H11ClN4O2/c17-10-6-8-12(9-7-10)21-14-13(18-19-21)15(22)20(16(14)23)11-4-2-1-3-5-11/h1-9,13-14H/t13-,14+/m1/s1. The maximum absolute atomic E-state index is 12.8. The molecule has 2 aromatic rings. The first-order valence-electron chi connectivity index (χ1n) is 7.05. The Labute approximate surface area is 136 Å². The van der Waals surface area contributed by atoms with E-state index in [0.717, 1.165) is 0 Å². The van der Waals surface area contributed by atoms with Crippen LogP contribution in [0.1, 0.15) is 0 Å². The molecule has 6 nitrogen and oxygen atoms in total. The summed E-state index contributed by atoms with van der Waals surface area (Å²) in [4.78, 5) is 26.5. The molecule has 0 spiro atoms. The van der Waals surface area contributed by atoms with Crippen molar-refractivity contribution in [3.05, 3.63) is 59.6 Å². The Kier molecular flexibility index (Phi) is 3.12. The Morgan fingerprint density at radius 2 is 1.57 bits per heavy atom. The van der Waals surface area contributed by atoms with Crippen LogP contribution in [0.4, 0.5) is 11.4 Å². The van der Waals surface area contributed by atoms with Crippen LogP contribution in [0.25, 0.3) is 0 Å². The summed E-state index contributed by atoms with van der Waals surface area (Å²) in [5, 5.41) is 10.0. The normalized spacial score (nSPS) is 22.8. The minimum absolute atomic E-state index is 0.328. The molecule has 0 bridgehead atoms. The van der Waals surface area contributed by atoms with Gasteiger partial charge in [-0.2, -0.15) is 5.11 Å². The van der Waals surface area contributed by atoms with Crippen molar-refractivity contribution in [2.24, 2.45) is 10.3 Å². The Balaban J connectivity index is 1.70. The van der Waals surface area contributed by atoms with Crippen LogP contribution in [0.15, 0.2) is 64.9 Å². The first kappa shape index (κ1) is 13.9. The summed E-state index contributed by atoms with van der Waals surface area (Å²) in [6, 6.07) is 14.2. The summed E-state index contributed by atoms with van der Waals surface area (Å²) in [6.45, 7) is 0. The Bertz CT molecular complexity index is 807. The van der Waals surface area contributed by atoms with E-state index < -0.39 is 12.1 Å². The first-order chi connectivity index (χ1) is 11.2. The monoisotopic (exact) mass is 326 g/mol. The second-order valence-corrected chi connectivity index (χ2v) is 5.70. The highest BCUT2D eigenvalue weighted by atomic mass is 35.5. The number of amides is 2. The SMILES string of the molecule is O=C1[C@@H]2[C@@H](N=NN2c2ccc(Cl)cc2)C(=O)N1c1ccccc1. The molecule has 1 fully saturated rings. The lowest BCUT2D eigenvalue weighted by Gasteiger charge is -2.20. The van der Waals surface area contributed by atoms with Crippen molar-refractivity contribution in [2.75, 3.05) is 9.91 Å². The zero-order valence-corrected chi connectivity index (χ0v) is 12.6. The van der Waals surface area contributed by atoms with Gasteiger partial charge in [-0.25, -0.2) is 9.91 Å². The number of hydrogen-bond acceptors (Lipinski definition) is 5. The molecule has 23 heavy (non-hydrogen) atoms. The number of benzene rings is 2. The Morgan fingerprint density at radius 1 is 0.870 bits per heavy atom. The lowest BCUT2D eigenvalue weighted by atomic mass is 10.1. The van der Waals surface area contributed by atoms with Gasteiger partial charge in [-0.15, -0.1) is 0 Å². The molecule has 0 N–H and O–H groups in total. The lowest BCUT2D eigenvalue weighted by Crippen LogP contribution is -2.39. The molecule has 0 aromatic heterocycles. The average molecular weight is 327 g/mol. The minimum Gasteiger partial charge on any atom is -0.271 e. The van der Waals surface area contributed by atoms with Crippen LogP contribution in [0.3, 0.4) is 0 Å². The topological polar surface area (TPSA) is 65.3 Å². The van der Waals surface area contributed by atoms with Crippen molar-refractivity contribution >= 4 is 34.8 Å². The maximum Gasteiger partial charge on any atom is 0.263 e. The molecule has 2 aliphatic heterocycles. The molecule has 0 radical (unpaired) electrons. The fraction of sp³-hybridized carbons (Fsp3) is 0.125. The summed E-state index contributed by atoms with van der Waals surface area (Å²) < 4.78 is 0. The number of fused-ring (bicyclic) bond motifs is 1. The van der Waals surface area contributed by atoms with Gasteiger partial charge in [0, 0.05) is 5.02 Å². The highest BCUT2D eigenvalue weighted by Gasteiger charge is 2.55. The molecule has 0 aliphatic carbocycles. The lowest BCUT2D eigenvalue weighted by molar-refractivity contribution is -0.121. The predicted octanol–water partition coefficient (Wildman–Crippen LogP) is 2.84. The van der Waals surface area contributed by atoms with Crippen LogP contribution in [-0.2, 0) is 9.59 Å². The van der Waals surface area contributed by atoms with E-state index in [1.165, 1.54) is 9.91 Å². The van der Waals surface area contributed by atoms with Crippen LogP contribution >= 0.6 is 11.6 Å². The van der Waals surface area contributed by atoms with Gasteiger partial charge in [0.2, 0.25) is 0 Å². The van der Waals surface area contributed by atoms with E-state index in [1.54, 1.807) is 48.5 Å². The fourth-order valence-corrected chi connectivity index (χ4v) is 2.92. The van der Waals surface area contributed by atoms with E-state index in [1.807, 2.05) is 6.07 Å². The number of imide groups is 1. The van der Waals surface area contributed by atoms with Crippen LogP contribution in [-0.4, -0.2) is 23.9 Å². The van der Waals surface area contributed by atoms with Gasteiger partial charge in [0.05, 0.1) is 11.4 Å². The van der Waals surface area contributed by atoms with Gasteiger partial charge in [-0.1, -0.05) is 35.0 Å². The number of nitrogens with zero attached hydrogens (tertiary/aromatic N) is 4. The molecule has 2 aromatic carbocycles. The number of halogens is 1. The summed E-state index contributed by atoms with van der Waals surface area (Å²) >= 11 is 5.88. The smallest absolute Gasteiger partial charge is 0.263 e. The number of rotatable bonds is 2. The molecular weight excluding hydrogens is 316 g/mol. The van der Waals surface area contributed by atoms with Crippen LogP contribution in [0.2, 0.25) is 5.02 Å². The minimum atomic E-state index is -0.807. The van der Waals surface area contributed by atoms with Crippen molar-refractivity contribution in [1.82, 2.24) is 0 Å². The highest BCUT2D eigenvalue weighted by molar-refractivity contribution is 6.30. The third kappa shape index (κ3) is 2.10. The van der Waals surface area contributed by atoms with E-state index in [0.29, 0.717) is 16.4 Å². The van der Waals surface area contributed by atoms with E-state index >= 15 is 0 Å². The van der Waals surface area contributed by atoms with Crippen molar-refractivity contribution in [1.29, 1.82) is 0 Å². The summed E-state index contributed by atoms with van der Waals surface area (Å²) in [5.74, 6) is -0.683. The zero-order valence-electron chi connectivity index (χ0n) is 11.8. The second-order valence-electron chi connectivity index (χ2n) is 5.26. The molecule has 7 heteroatoms. The molecule has 2 heterocycles. The Hall–Kier alpha value is -2.73. The van der Waals surface area contributed by atoms with Crippen molar-refractivity contribution in [3.8, 4) is 0 Å². The van der Waals surface area contributed by atoms with Crippen LogP contribution < -0.4 is 9.91 Å². The van der Waals surface area contributed by atoms with Gasteiger partial charge in [0.15, 0.2) is 12.1 Å². The molecule has 0 saturated carbocycles. The quantitative estimate of drug-likeness (QED) is 0.797. The molecule has 4 rings (SSSR count).